The second-order valence-corrected chi connectivity index (χ2v) is 4.18. The van der Waals surface area contributed by atoms with E-state index in [1.165, 1.54) is 23.2 Å². The van der Waals surface area contributed by atoms with E-state index >= 15 is 0 Å². The molecule has 0 saturated heterocycles. The zero-order valence-electron chi connectivity index (χ0n) is 10.1. The number of aromatic amines is 1. The van der Waals surface area contributed by atoms with Gasteiger partial charge < -0.3 is 0 Å². The zero-order valence-corrected chi connectivity index (χ0v) is 10.1. The van der Waals surface area contributed by atoms with Gasteiger partial charge in [0.05, 0.1) is 17.1 Å². The molecule has 0 aliphatic heterocycles. The van der Waals surface area contributed by atoms with E-state index in [1.807, 2.05) is 13.0 Å². The molecule has 0 unspecified atom stereocenters. The first kappa shape index (κ1) is 11.3. The number of nitrogens with one attached hydrogen (secondary N) is 1. The molecule has 0 saturated carbocycles. The molecule has 3 aromatic rings. The van der Waals surface area contributed by atoms with E-state index in [2.05, 4.69) is 15.0 Å². The van der Waals surface area contributed by atoms with Gasteiger partial charge in [-0.2, -0.15) is 0 Å². The normalized spacial score (nSPS) is 10.8. The number of fused-ring (bicyclic) bond motifs is 1. The Morgan fingerprint density at radius 3 is 2.79 bits per heavy atom. The molecule has 0 fully saturated rings. The summed E-state index contributed by atoms with van der Waals surface area (Å²) in [4.78, 5) is 34.1. The van der Waals surface area contributed by atoms with Crippen LogP contribution in [0.3, 0.4) is 0 Å². The predicted molar refractivity (Wildman–Crippen MR) is 70.5 cm³/mol. The van der Waals surface area contributed by atoms with Crippen LogP contribution in [0.4, 0.5) is 0 Å². The highest BCUT2D eigenvalue weighted by molar-refractivity contribution is 5.79. The Kier molecular flexibility index (Phi) is 2.49. The molecule has 3 rings (SSSR count). The highest BCUT2D eigenvalue weighted by Gasteiger charge is 2.10. The maximum Gasteiger partial charge on any atom is 0.334 e. The molecule has 6 heteroatoms. The van der Waals surface area contributed by atoms with Crippen LogP contribution in [0.2, 0.25) is 0 Å². The smallest absolute Gasteiger partial charge is 0.273 e. The van der Waals surface area contributed by atoms with Crippen molar-refractivity contribution in [2.24, 2.45) is 0 Å². The van der Waals surface area contributed by atoms with Gasteiger partial charge in [-0.15, -0.1) is 0 Å². The third-order valence-corrected chi connectivity index (χ3v) is 2.84. The zero-order chi connectivity index (χ0) is 13.4. The lowest BCUT2D eigenvalue weighted by Crippen LogP contribution is -2.29. The Morgan fingerprint density at radius 2 is 2.05 bits per heavy atom. The number of benzene rings is 1. The van der Waals surface area contributed by atoms with Crippen molar-refractivity contribution in [2.45, 2.75) is 6.92 Å². The highest BCUT2D eigenvalue weighted by atomic mass is 16.2. The number of nitrogens with zero attached hydrogens (tertiary/aromatic N) is 3. The molecule has 2 heterocycles. The van der Waals surface area contributed by atoms with Crippen LogP contribution in [0.25, 0.3) is 16.7 Å². The van der Waals surface area contributed by atoms with Crippen LogP contribution in [0, 0.1) is 6.92 Å². The van der Waals surface area contributed by atoms with Gasteiger partial charge >= 0.3 is 5.69 Å². The first-order chi connectivity index (χ1) is 9.16. The van der Waals surface area contributed by atoms with Gasteiger partial charge in [0.1, 0.15) is 0 Å². The molecule has 0 spiro atoms. The lowest BCUT2D eigenvalue weighted by molar-refractivity contribution is 0.898. The van der Waals surface area contributed by atoms with E-state index in [-0.39, 0.29) is 0 Å². The average Bonchev–Trinajstić information content (AvgIpc) is 2.39. The van der Waals surface area contributed by atoms with E-state index in [4.69, 9.17) is 0 Å². The summed E-state index contributed by atoms with van der Waals surface area (Å²) < 4.78 is 1.34. The van der Waals surface area contributed by atoms with Crippen molar-refractivity contribution in [1.82, 2.24) is 19.5 Å². The molecule has 94 valence electrons. The number of hydrogen-bond acceptors (Lipinski definition) is 4. The van der Waals surface area contributed by atoms with Gasteiger partial charge in [-0.05, 0) is 24.6 Å². The van der Waals surface area contributed by atoms with Crippen LogP contribution in [-0.2, 0) is 0 Å². The van der Waals surface area contributed by atoms with E-state index in [1.54, 1.807) is 12.1 Å². The molecule has 0 amide bonds. The molecule has 19 heavy (non-hydrogen) atoms. The molecule has 0 aliphatic carbocycles. The maximum absolute atomic E-state index is 12.0. The molecule has 0 radical (unpaired) electrons. The van der Waals surface area contributed by atoms with Gasteiger partial charge in [0.15, 0.2) is 5.82 Å². The fraction of sp³-hybridized carbons (Fsp3) is 0.0769. The lowest BCUT2D eigenvalue weighted by Gasteiger charge is -2.08. The van der Waals surface area contributed by atoms with Crippen molar-refractivity contribution in [3.05, 3.63) is 63.2 Å². The summed E-state index contributed by atoms with van der Waals surface area (Å²) >= 11 is 0. The summed E-state index contributed by atoms with van der Waals surface area (Å²) in [6.07, 6.45) is 4.49. The van der Waals surface area contributed by atoms with E-state index in [0.29, 0.717) is 16.7 Å². The van der Waals surface area contributed by atoms with Crippen LogP contribution in [0.5, 0.6) is 0 Å². The minimum Gasteiger partial charge on any atom is -0.273 e. The topological polar surface area (TPSA) is 80.6 Å². The van der Waals surface area contributed by atoms with Crippen molar-refractivity contribution in [3.63, 3.8) is 0 Å². The van der Waals surface area contributed by atoms with Crippen LogP contribution in [-0.4, -0.2) is 19.5 Å². The van der Waals surface area contributed by atoms with E-state index in [0.717, 1.165) is 5.56 Å². The van der Waals surface area contributed by atoms with Crippen molar-refractivity contribution in [2.75, 3.05) is 0 Å². The van der Waals surface area contributed by atoms with E-state index < -0.39 is 11.2 Å². The fourth-order valence-corrected chi connectivity index (χ4v) is 1.98. The average molecular weight is 254 g/mol. The number of hydrogen-bond donors (Lipinski definition) is 1. The van der Waals surface area contributed by atoms with Gasteiger partial charge in [0.25, 0.3) is 5.56 Å². The van der Waals surface area contributed by atoms with Crippen molar-refractivity contribution >= 4 is 10.9 Å². The summed E-state index contributed by atoms with van der Waals surface area (Å²) in [7, 11) is 0. The molecule has 2 aromatic heterocycles. The second kappa shape index (κ2) is 4.16. The molecule has 1 N–H and O–H groups in total. The summed E-state index contributed by atoms with van der Waals surface area (Å²) in [6, 6.07) is 5.29. The summed E-state index contributed by atoms with van der Waals surface area (Å²) in [5.74, 6) is 0.374. The minimum absolute atomic E-state index is 0.374. The van der Waals surface area contributed by atoms with Gasteiger partial charge in [0, 0.05) is 12.4 Å². The van der Waals surface area contributed by atoms with Crippen LogP contribution < -0.4 is 11.2 Å². The lowest BCUT2D eigenvalue weighted by atomic mass is 10.2. The van der Waals surface area contributed by atoms with Crippen molar-refractivity contribution in [3.8, 4) is 5.82 Å². The van der Waals surface area contributed by atoms with Crippen LogP contribution >= 0.6 is 0 Å². The Bertz CT molecular complexity index is 865. The summed E-state index contributed by atoms with van der Waals surface area (Å²) in [5, 5.41) is 0.441. The number of aryl methyl sites for hydroxylation is 1. The number of rotatable bonds is 1. The SMILES string of the molecule is Cc1ccc2c(=O)[nH]c(=O)n(-c3cnccn3)c2c1. The molecule has 0 atom stereocenters. The van der Waals surface area contributed by atoms with Gasteiger partial charge in [0.2, 0.25) is 0 Å². The standard InChI is InChI=1S/C13H10N4O2/c1-8-2-3-9-10(6-8)17(13(19)16-12(9)18)11-7-14-4-5-15-11/h2-7H,1H3,(H,16,18,19). The number of H-pyrrole nitrogens is 1. The van der Waals surface area contributed by atoms with Gasteiger partial charge in [-0.1, -0.05) is 6.07 Å². The van der Waals surface area contributed by atoms with Crippen LogP contribution in [0.15, 0.2) is 46.4 Å². The van der Waals surface area contributed by atoms with Gasteiger partial charge in [-0.3, -0.25) is 14.8 Å². The molecular formula is C13H10N4O2. The first-order valence-corrected chi connectivity index (χ1v) is 5.69. The summed E-state index contributed by atoms with van der Waals surface area (Å²) in [6.45, 7) is 1.89. The Hall–Kier alpha value is -2.76. The van der Waals surface area contributed by atoms with E-state index in [9.17, 15) is 9.59 Å². The molecule has 6 nitrogen and oxygen atoms in total. The first-order valence-electron chi connectivity index (χ1n) is 5.69. The van der Waals surface area contributed by atoms with Crippen molar-refractivity contribution < 1.29 is 0 Å². The van der Waals surface area contributed by atoms with Crippen LogP contribution in [0.1, 0.15) is 5.56 Å². The van der Waals surface area contributed by atoms with Crippen molar-refractivity contribution in [1.29, 1.82) is 0 Å². The largest absolute Gasteiger partial charge is 0.334 e. The summed E-state index contributed by atoms with van der Waals surface area (Å²) in [5.41, 5.74) is 0.549. The quantitative estimate of drug-likeness (QED) is 0.695. The molecule has 0 bridgehead atoms. The molecular weight excluding hydrogens is 244 g/mol. The Balaban J connectivity index is 2.51. The maximum atomic E-state index is 12.0. The minimum atomic E-state index is -0.524. The van der Waals surface area contributed by atoms with Gasteiger partial charge in [-0.25, -0.2) is 14.3 Å². The predicted octanol–water partition coefficient (Wildman–Crippen LogP) is 0.777. The molecule has 0 aliphatic rings. The Labute approximate surface area is 107 Å². The monoisotopic (exact) mass is 254 g/mol. The third kappa shape index (κ3) is 1.83. The molecule has 1 aromatic carbocycles. The second-order valence-electron chi connectivity index (χ2n) is 4.18. The third-order valence-electron chi connectivity index (χ3n) is 2.84. The highest BCUT2D eigenvalue weighted by Crippen LogP contribution is 2.13. The Morgan fingerprint density at radius 1 is 1.21 bits per heavy atom. The number of aromatic nitrogens is 4. The fourth-order valence-electron chi connectivity index (χ4n) is 1.98.